The number of halogens is 1. The summed E-state index contributed by atoms with van der Waals surface area (Å²) in [5.41, 5.74) is 3.12. The third-order valence-corrected chi connectivity index (χ3v) is 9.34. The summed E-state index contributed by atoms with van der Waals surface area (Å²) in [4.78, 5) is 51.2. The van der Waals surface area contributed by atoms with Crippen molar-refractivity contribution in [2.75, 3.05) is 31.6 Å². The van der Waals surface area contributed by atoms with Crippen LogP contribution >= 0.6 is 11.6 Å². The molecular formula is C33H36ClN5O4. The predicted molar refractivity (Wildman–Crippen MR) is 165 cm³/mol. The van der Waals surface area contributed by atoms with Crippen molar-refractivity contribution in [1.29, 1.82) is 0 Å². The Hall–Kier alpha value is -3.82. The molecule has 2 fully saturated rings. The van der Waals surface area contributed by atoms with Gasteiger partial charge >= 0.3 is 0 Å². The molecule has 4 aliphatic rings. The quantitative estimate of drug-likeness (QED) is 0.485. The number of nitrogens with one attached hydrogen (secondary N) is 2. The molecule has 6 rings (SSSR count). The van der Waals surface area contributed by atoms with Crippen LogP contribution in [0.5, 0.6) is 0 Å². The van der Waals surface area contributed by atoms with E-state index in [-0.39, 0.29) is 30.8 Å². The molecule has 4 heterocycles. The molecule has 43 heavy (non-hydrogen) atoms. The number of amidine groups is 1. The number of ether oxygens (including phenoxy) is 1. The highest BCUT2D eigenvalue weighted by Crippen LogP contribution is 2.52. The third-order valence-electron chi connectivity index (χ3n) is 9.03. The molecule has 2 spiro atoms. The van der Waals surface area contributed by atoms with Crippen molar-refractivity contribution >= 4 is 41.0 Å². The van der Waals surface area contributed by atoms with E-state index in [4.69, 9.17) is 21.3 Å². The van der Waals surface area contributed by atoms with Crippen LogP contribution in [-0.2, 0) is 31.0 Å². The van der Waals surface area contributed by atoms with Gasteiger partial charge in [-0.05, 0) is 54.5 Å². The smallest absolute Gasteiger partial charge is 0.256 e. The first-order valence-electron chi connectivity index (χ1n) is 15.0. The lowest BCUT2D eigenvalue weighted by Crippen LogP contribution is -2.49. The number of allylic oxidation sites excluding steroid dienone is 3. The highest BCUT2D eigenvalue weighted by atomic mass is 35.5. The van der Waals surface area contributed by atoms with Crippen molar-refractivity contribution < 1.29 is 19.1 Å². The average Bonchev–Trinajstić information content (AvgIpc) is 3.59. The van der Waals surface area contributed by atoms with Gasteiger partial charge in [-0.1, -0.05) is 55.8 Å². The van der Waals surface area contributed by atoms with Gasteiger partial charge in [0.1, 0.15) is 23.7 Å². The van der Waals surface area contributed by atoms with Crippen LogP contribution in [0, 0.1) is 0 Å². The van der Waals surface area contributed by atoms with Crippen LogP contribution in [0.4, 0.5) is 5.82 Å². The number of benzene rings is 1. The predicted octanol–water partition coefficient (Wildman–Crippen LogP) is 4.50. The van der Waals surface area contributed by atoms with E-state index in [1.165, 1.54) is 4.90 Å². The minimum atomic E-state index is -0.939. The molecule has 1 aromatic carbocycles. The van der Waals surface area contributed by atoms with Crippen LogP contribution in [0.1, 0.15) is 62.6 Å². The van der Waals surface area contributed by atoms with E-state index in [0.29, 0.717) is 67.6 Å². The molecule has 2 N–H and O–H groups in total. The zero-order chi connectivity index (χ0) is 30.2. The maximum atomic E-state index is 13.9. The van der Waals surface area contributed by atoms with Crippen molar-refractivity contribution in [2.45, 2.75) is 63.3 Å². The molecule has 0 unspecified atom stereocenters. The van der Waals surface area contributed by atoms with Crippen LogP contribution in [0.15, 0.2) is 64.8 Å². The fourth-order valence-corrected chi connectivity index (χ4v) is 7.09. The molecule has 9 nitrogen and oxygen atoms in total. The topological polar surface area (TPSA) is 113 Å². The van der Waals surface area contributed by atoms with Crippen molar-refractivity contribution in [3.8, 4) is 0 Å². The Balaban J connectivity index is 1.21. The number of nitrogens with zero attached hydrogens (tertiary/aromatic N) is 3. The summed E-state index contributed by atoms with van der Waals surface area (Å²) in [6.45, 7) is 5.08. The van der Waals surface area contributed by atoms with Gasteiger partial charge in [-0.25, -0.2) is 4.98 Å². The Morgan fingerprint density at radius 2 is 1.88 bits per heavy atom. The van der Waals surface area contributed by atoms with Gasteiger partial charge < -0.3 is 15.4 Å². The number of carbonyl (C=O) groups is 3. The lowest BCUT2D eigenvalue weighted by molar-refractivity contribution is -0.137. The van der Waals surface area contributed by atoms with E-state index >= 15 is 0 Å². The number of hydrogen-bond acceptors (Lipinski definition) is 6. The number of rotatable bonds is 7. The number of fused-ring (bicyclic) bond motifs is 2. The fourth-order valence-electron chi connectivity index (χ4n) is 6.82. The highest BCUT2D eigenvalue weighted by molar-refractivity contribution is 6.35. The number of aromatic nitrogens is 1. The van der Waals surface area contributed by atoms with Crippen LogP contribution in [0.2, 0.25) is 5.02 Å². The summed E-state index contributed by atoms with van der Waals surface area (Å²) < 4.78 is 5.53. The number of carbonyl (C=O) groups excluding carboxylic acids is 3. The van der Waals surface area contributed by atoms with Crippen molar-refractivity contribution in [1.82, 2.24) is 15.2 Å². The summed E-state index contributed by atoms with van der Waals surface area (Å²) in [5.74, 6) is 0.551. The third kappa shape index (κ3) is 5.08. The minimum absolute atomic E-state index is 0.0388. The number of aryl methyl sites for hydroxylation is 1. The molecule has 3 aliphatic heterocycles. The molecule has 0 bridgehead atoms. The van der Waals surface area contributed by atoms with Gasteiger partial charge in [0.25, 0.3) is 5.91 Å². The van der Waals surface area contributed by atoms with Gasteiger partial charge in [-0.2, -0.15) is 0 Å². The van der Waals surface area contributed by atoms with Crippen molar-refractivity contribution in [3.63, 3.8) is 0 Å². The van der Waals surface area contributed by atoms with Gasteiger partial charge in [-0.3, -0.25) is 24.3 Å². The van der Waals surface area contributed by atoms with Gasteiger partial charge in [0, 0.05) is 49.9 Å². The second-order valence-corrected chi connectivity index (χ2v) is 12.0. The maximum Gasteiger partial charge on any atom is 0.256 e. The number of pyridine rings is 1. The second kappa shape index (κ2) is 11.7. The molecule has 0 radical (unpaired) electrons. The highest BCUT2D eigenvalue weighted by Gasteiger charge is 2.52. The van der Waals surface area contributed by atoms with Gasteiger partial charge in [0.2, 0.25) is 11.8 Å². The zero-order valence-corrected chi connectivity index (χ0v) is 25.3. The first-order chi connectivity index (χ1) is 20.8. The van der Waals surface area contributed by atoms with Crippen LogP contribution in [-0.4, -0.2) is 65.3 Å². The van der Waals surface area contributed by atoms with E-state index in [1.807, 2.05) is 37.3 Å². The van der Waals surface area contributed by atoms with Gasteiger partial charge in [0.15, 0.2) is 0 Å². The molecule has 1 saturated heterocycles. The number of hydrogen-bond donors (Lipinski definition) is 2. The van der Waals surface area contributed by atoms with Gasteiger partial charge in [-0.15, -0.1) is 0 Å². The molecule has 10 heteroatoms. The number of amides is 3. The standard InChI is InChI=1S/C33H36ClN5O4/c1-3-7-22-18-32(24-9-6-14-36-28(24)37-30(32)41)19-23(22)11-15-35-26(40)20-39-29(27-21(4-2)8-5-10-25(27)34)38-33(31(39)42)12-16-43-17-13-33/h5-11,14H,3-4,12-13,15-20H2,1-2H3,(H,35,40)(H,36,37,41)/b22-7-,23-11-/t32-/m1/s1. The molecule has 1 aromatic heterocycles. The average molecular weight is 602 g/mol. The number of aliphatic imine (C=N–C) groups is 1. The molecule has 224 valence electrons. The van der Waals surface area contributed by atoms with Crippen LogP contribution in [0.25, 0.3) is 0 Å². The van der Waals surface area contributed by atoms with Gasteiger partial charge in [0.05, 0.1) is 10.4 Å². The summed E-state index contributed by atoms with van der Waals surface area (Å²) in [6.07, 6.45) is 9.43. The minimum Gasteiger partial charge on any atom is -0.381 e. The van der Waals surface area contributed by atoms with E-state index < -0.39 is 11.0 Å². The molecule has 2 aromatic rings. The van der Waals surface area contributed by atoms with Crippen molar-refractivity contribution in [3.05, 3.63) is 81.5 Å². The summed E-state index contributed by atoms with van der Waals surface area (Å²) >= 11 is 6.66. The Morgan fingerprint density at radius 1 is 1.12 bits per heavy atom. The Bertz CT molecular complexity index is 1570. The normalized spacial score (nSPS) is 24.3. The largest absolute Gasteiger partial charge is 0.381 e. The van der Waals surface area contributed by atoms with Crippen molar-refractivity contribution in [2.24, 2.45) is 4.99 Å². The second-order valence-electron chi connectivity index (χ2n) is 11.6. The molecular weight excluding hydrogens is 566 g/mol. The first-order valence-corrected chi connectivity index (χ1v) is 15.4. The Kier molecular flexibility index (Phi) is 7.96. The SMILES string of the molecule is CC/C=C1/C[C@]2(C/C1=C/CNC(=O)CN1C(=O)C3(CCOCC3)N=C1c1c(Cl)cccc1CC)C(=O)Nc1ncccc12. The van der Waals surface area contributed by atoms with E-state index in [0.717, 1.165) is 28.7 Å². The Labute approximate surface area is 256 Å². The molecule has 1 saturated carbocycles. The van der Waals surface area contributed by atoms with E-state index in [1.54, 1.807) is 12.3 Å². The first kappa shape index (κ1) is 29.3. The maximum absolute atomic E-state index is 13.9. The number of anilines is 1. The Morgan fingerprint density at radius 3 is 2.63 bits per heavy atom. The summed E-state index contributed by atoms with van der Waals surface area (Å²) in [5, 5.41) is 6.42. The van der Waals surface area contributed by atoms with E-state index in [9.17, 15) is 14.4 Å². The summed E-state index contributed by atoms with van der Waals surface area (Å²) in [7, 11) is 0. The zero-order valence-electron chi connectivity index (χ0n) is 24.5. The monoisotopic (exact) mass is 601 g/mol. The summed E-state index contributed by atoms with van der Waals surface area (Å²) in [6, 6.07) is 9.48. The van der Waals surface area contributed by atoms with Crippen LogP contribution < -0.4 is 10.6 Å². The van der Waals surface area contributed by atoms with Crippen LogP contribution in [0.3, 0.4) is 0 Å². The molecule has 1 atom stereocenters. The lowest BCUT2D eigenvalue weighted by atomic mass is 9.80. The molecule has 3 amide bonds. The molecule has 1 aliphatic carbocycles. The lowest BCUT2D eigenvalue weighted by Gasteiger charge is -2.29. The van der Waals surface area contributed by atoms with E-state index in [2.05, 4.69) is 28.6 Å². The fraction of sp³-hybridized carbons (Fsp3) is 0.424.